The van der Waals surface area contributed by atoms with E-state index in [4.69, 9.17) is 16.3 Å². The lowest BCUT2D eigenvalue weighted by atomic mass is 10.1. The molecule has 3 nitrogen and oxygen atoms in total. The molecule has 0 saturated heterocycles. The molecule has 0 aromatic carbocycles. The molecular formula is C10H11ClN2O. The molecule has 4 heteroatoms. The molecule has 0 atom stereocenters. The lowest BCUT2D eigenvalue weighted by Gasteiger charge is -2.07. The van der Waals surface area contributed by atoms with E-state index in [1.165, 1.54) is 0 Å². The summed E-state index contributed by atoms with van der Waals surface area (Å²) < 4.78 is 5.47. The van der Waals surface area contributed by atoms with Crippen molar-refractivity contribution in [1.29, 1.82) is 0 Å². The summed E-state index contributed by atoms with van der Waals surface area (Å²) in [6.45, 7) is 4.67. The van der Waals surface area contributed by atoms with Gasteiger partial charge in [0, 0.05) is 11.8 Å². The van der Waals surface area contributed by atoms with E-state index in [1.807, 2.05) is 19.9 Å². The number of nitrogens with zero attached hydrogens (tertiary/aromatic N) is 2. The van der Waals surface area contributed by atoms with Gasteiger partial charge in [0.25, 0.3) is 0 Å². The van der Waals surface area contributed by atoms with Crippen LogP contribution in [-0.2, 0) is 4.74 Å². The molecule has 0 saturated carbocycles. The smallest absolute Gasteiger partial charge is 0.216 e. The van der Waals surface area contributed by atoms with Crippen LogP contribution in [0, 0.1) is 0 Å². The summed E-state index contributed by atoms with van der Waals surface area (Å²) in [4.78, 5) is 8.34. The Kier molecular flexibility index (Phi) is 2.19. The first-order chi connectivity index (χ1) is 6.57. The molecule has 2 heterocycles. The van der Waals surface area contributed by atoms with Crippen molar-refractivity contribution in [3.8, 4) is 0 Å². The normalized spacial score (nSPS) is 18.9. The van der Waals surface area contributed by atoms with Gasteiger partial charge >= 0.3 is 0 Å². The van der Waals surface area contributed by atoms with Gasteiger partial charge in [-0.3, -0.25) is 0 Å². The van der Waals surface area contributed by atoms with E-state index in [0.29, 0.717) is 17.7 Å². The molecule has 1 aromatic heterocycles. The van der Waals surface area contributed by atoms with Crippen LogP contribution in [0.3, 0.4) is 0 Å². The van der Waals surface area contributed by atoms with Gasteiger partial charge in [-0.2, -0.15) is 0 Å². The summed E-state index contributed by atoms with van der Waals surface area (Å²) in [5, 5.41) is 0.457. The lowest BCUT2D eigenvalue weighted by Crippen LogP contribution is -2.17. The summed E-state index contributed by atoms with van der Waals surface area (Å²) in [6.07, 6.45) is 1.65. The Morgan fingerprint density at radius 3 is 2.86 bits per heavy atom. The van der Waals surface area contributed by atoms with E-state index in [9.17, 15) is 0 Å². The van der Waals surface area contributed by atoms with Crippen molar-refractivity contribution >= 4 is 17.5 Å². The van der Waals surface area contributed by atoms with Gasteiger partial charge in [0.2, 0.25) is 5.90 Å². The Balaban J connectivity index is 2.33. The molecule has 0 radical (unpaired) electrons. The first-order valence-corrected chi connectivity index (χ1v) is 4.79. The SMILES string of the molecule is CC1(C)COC(c2ccnc(Cl)c2)=N1. The quantitative estimate of drug-likeness (QED) is 0.667. The second kappa shape index (κ2) is 3.24. The maximum absolute atomic E-state index is 5.77. The van der Waals surface area contributed by atoms with Gasteiger partial charge in [-0.1, -0.05) is 11.6 Å². The highest BCUT2D eigenvalue weighted by atomic mass is 35.5. The van der Waals surface area contributed by atoms with E-state index in [2.05, 4.69) is 9.98 Å². The van der Waals surface area contributed by atoms with E-state index in [0.717, 1.165) is 5.56 Å². The minimum atomic E-state index is -0.134. The number of halogens is 1. The maximum Gasteiger partial charge on any atom is 0.216 e. The molecule has 1 aromatic rings. The largest absolute Gasteiger partial charge is 0.475 e. The van der Waals surface area contributed by atoms with E-state index in [1.54, 1.807) is 12.3 Å². The number of hydrogen-bond acceptors (Lipinski definition) is 3. The zero-order valence-electron chi connectivity index (χ0n) is 8.12. The van der Waals surface area contributed by atoms with Crippen molar-refractivity contribution in [1.82, 2.24) is 4.98 Å². The zero-order valence-corrected chi connectivity index (χ0v) is 8.88. The van der Waals surface area contributed by atoms with Crippen molar-refractivity contribution in [3.05, 3.63) is 29.0 Å². The van der Waals surface area contributed by atoms with Crippen molar-refractivity contribution < 1.29 is 4.74 Å². The van der Waals surface area contributed by atoms with Gasteiger partial charge in [0.05, 0.1) is 5.54 Å². The standard InChI is InChI=1S/C10H11ClN2O/c1-10(2)6-14-9(13-10)7-3-4-12-8(11)5-7/h3-5H,6H2,1-2H3. The maximum atomic E-state index is 5.77. The molecule has 0 spiro atoms. The van der Waals surface area contributed by atoms with E-state index in [-0.39, 0.29) is 5.54 Å². The Morgan fingerprint density at radius 2 is 2.29 bits per heavy atom. The first kappa shape index (κ1) is 9.46. The summed E-state index contributed by atoms with van der Waals surface area (Å²) in [6, 6.07) is 3.59. The Labute approximate surface area is 87.8 Å². The molecule has 0 N–H and O–H groups in total. The molecule has 74 valence electrons. The van der Waals surface area contributed by atoms with Crippen molar-refractivity contribution in [2.45, 2.75) is 19.4 Å². The molecule has 1 aliphatic heterocycles. The number of pyridine rings is 1. The summed E-state index contributed by atoms with van der Waals surface area (Å²) in [5.74, 6) is 0.652. The van der Waals surface area contributed by atoms with Crippen LogP contribution in [0.1, 0.15) is 19.4 Å². The van der Waals surface area contributed by atoms with Gasteiger partial charge in [-0.05, 0) is 26.0 Å². The molecule has 1 aliphatic rings. The monoisotopic (exact) mass is 210 g/mol. The van der Waals surface area contributed by atoms with Crippen LogP contribution in [-0.4, -0.2) is 23.0 Å². The van der Waals surface area contributed by atoms with Crippen LogP contribution in [0.5, 0.6) is 0 Å². The summed E-state index contributed by atoms with van der Waals surface area (Å²) >= 11 is 5.77. The fourth-order valence-corrected chi connectivity index (χ4v) is 1.44. The molecule has 2 rings (SSSR count). The third-order valence-corrected chi connectivity index (χ3v) is 2.15. The third-order valence-electron chi connectivity index (χ3n) is 1.94. The molecule has 14 heavy (non-hydrogen) atoms. The Hall–Kier alpha value is -1.09. The predicted molar refractivity (Wildman–Crippen MR) is 55.8 cm³/mol. The molecule has 0 bridgehead atoms. The average molecular weight is 211 g/mol. The number of rotatable bonds is 1. The number of aromatic nitrogens is 1. The second-order valence-electron chi connectivity index (χ2n) is 3.89. The van der Waals surface area contributed by atoms with Gasteiger partial charge in [0.1, 0.15) is 11.8 Å². The van der Waals surface area contributed by atoms with Crippen molar-refractivity contribution in [2.24, 2.45) is 4.99 Å². The van der Waals surface area contributed by atoms with Crippen LogP contribution in [0.2, 0.25) is 5.15 Å². The van der Waals surface area contributed by atoms with Gasteiger partial charge in [-0.15, -0.1) is 0 Å². The highest BCUT2D eigenvalue weighted by molar-refractivity contribution is 6.29. The molecule has 0 fully saturated rings. The number of hydrogen-bond donors (Lipinski definition) is 0. The summed E-state index contributed by atoms with van der Waals surface area (Å²) in [7, 11) is 0. The van der Waals surface area contributed by atoms with Crippen LogP contribution in [0.15, 0.2) is 23.3 Å². The minimum Gasteiger partial charge on any atom is -0.475 e. The van der Waals surface area contributed by atoms with Gasteiger partial charge < -0.3 is 4.74 Å². The van der Waals surface area contributed by atoms with Crippen molar-refractivity contribution in [3.63, 3.8) is 0 Å². The van der Waals surface area contributed by atoms with Gasteiger partial charge in [0.15, 0.2) is 0 Å². The van der Waals surface area contributed by atoms with E-state index >= 15 is 0 Å². The third kappa shape index (κ3) is 1.87. The highest BCUT2D eigenvalue weighted by Crippen LogP contribution is 2.21. The lowest BCUT2D eigenvalue weighted by molar-refractivity contribution is 0.279. The predicted octanol–water partition coefficient (Wildman–Crippen LogP) is 2.29. The topological polar surface area (TPSA) is 34.5 Å². The van der Waals surface area contributed by atoms with Crippen LogP contribution < -0.4 is 0 Å². The van der Waals surface area contributed by atoms with Crippen molar-refractivity contribution in [2.75, 3.05) is 6.61 Å². The molecule has 0 unspecified atom stereocenters. The van der Waals surface area contributed by atoms with Gasteiger partial charge in [-0.25, -0.2) is 9.98 Å². The summed E-state index contributed by atoms with van der Waals surface area (Å²) in [5.41, 5.74) is 0.751. The van der Waals surface area contributed by atoms with Crippen LogP contribution in [0.25, 0.3) is 0 Å². The number of ether oxygens (including phenoxy) is 1. The zero-order chi connectivity index (χ0) is 10.2. The van der Waals surface area contributed by atoms with Crippen LogP contribution >= 0.6 is 11.6 Å². The molecule has 0 amide bonds. The molecule has 0 aliphatic carbocycles. The minimum absolute atomic E-state index is 0.134. The van der Waals surface area contributed by atoms with Crippen LogP contribution in [0.4, 0.5) is 0 Å². The number of aliphatic imine (C=N–C) groups is 1. The highest BCUT2D eigenvalue weighted by Gasteiger charge is 2.26. The van der Waals surface area contributed by atoms with E-state index < -0.39 is 0 Å². The fraction of sp³-hybridized carbons (Fsp3) is 0.400. The molecular weight excluding hydrogens is 200 g/mol. The second-order valence-corrected chi connectivity index (χ2v) is 4.27. The first-order valence-electron chi connectivity index (χ1n) is 4.41. The fourth-order valence-electron chi connectivity index (χ4n) is 1.27. The Bertz CT molecular complexity index is 387. The average Bonchev–Trinajstić information content (AvgIpc) is 2.46. The Morgan fingerprint density at radius 1 is 1.50 bits per heavy atom.